The number of aliphatic hydroxyl groups is 1. The van der Waals surface area contributed by atoms with E-state index in [1.165, 1.54) is 0 Å². The molecule has 0 saturated heterocycles. The van der Waals surface area contributed by atoms with Gasteiger partial charge in [0.25, 0.3) is 0 Å². The lowest BCUT2D eigenvalue weighted by atomic mass is 10.0. The number of sulfonamides is 1. The number of aryl methyl sites for hydroxylation is 1. The molecule has 0 unspecified atom stereocenters. The predicted octanol–water partition coefficient (Wildman–Crippen LogP) is 3.04. The lowest BCUT2D eigenvalue weighted by Crippen LogP contribution is -2.31. The number of hydrogen-bond acceptors (Lipinski definition) is 3. The minimum Gasteiger partial charge on any atom is -0.387 e. The van der Waals surface area contributed by atoms with Gasteiger partial charge in [-0.1, -0.05) is 72.8 Å². The first kappa shape index (κ1) is 17.6. The Balaban J connectivity index is 1.63. The van der Waals surface area contributed by atoms with E-state index in [1.807, 2.05) is 72.8 Å². The molecular formula is C20H21NO3S. The number of nitrogens with one attached hydrogen (secondary N) is 1. The maximum absolute atomic E-state index is 12.2. The van der Waals surface area contributed by atoms with Gasteiger partial charge in [0.15, 0.2) is 0 Å². The summed E-state index contributed by atoms with van der Waals surface area (Å²) in [5.41, 5.74) is 1.70. The summed E-state index contributed by atoms with van der Waals surface area (Å²) in [7, 11) is -3.45. The van der Waals surface area contributed by atoms with Crippen molar-refractivity contribution >= 4 is 20.8 Å². The second-order valence-electron chi connectivity index (χ2n) is 5.99. The zero-order chi connectivity index (χ0) is 17.7. The number of hydrogen-bond donors (Lipinski definition) is 2. The molecule has 0 radical (unpaired) electrons. The Hall–Kier alpha value is -2.21. The molecule has 5 heteroatoms. The van der Waals surface area contributed by atoms with Crippen LogP contribution in [0.4, 0.5) is 0 Å². The first-order chi connectivity index (χ1) is 12.1. The van der Waals surface area contributed by atoms with Gasteiger partial charge in [0.1, 0.15) is 0 Å². The monoisotopic (exact) mass is 355 g/mol. The largest absolute Gasteiger partial charge is 0.387 e. The van der Waals surface area contributed by atoms with Crippen molar-refractivity contribution in [2.75, 3.05) is 12.3 Å². The number of aliphatic hydroxyl groups excluding tert-OH is 1. The molecule has 3 aromatic carbocycles. The van der Waals surface area contributed by atoms with E-state index >= 15 is 0 Å². The van der Waals surface area contributed by atoms with Gasteiger partial charge in [-0.3, -0.25) is 0 Å². The zero-order valence-corrected chi connectivity index (χ0v) is 14.6. The van der Waals surface area contributed by atoms with E-state index in [0.29, 0.717) is 6.42 Å². The normalized spacial score (nSPS) is 13.0. The van der Waals surface area contributed by atoms with Crippen molar-refractivity contribution < 1.29 is 13.5 Å². The van der Waals surface area contributed by atoms with Gasteiger partial charge in [0.05, 0.1) is 11.9 Å². The lowest BCUT2D eigenvalue weighted by molar-refractivity contribution is 0.183. The molecule has 0 fully saturated rings. The second kappa shape index (κ2) is 7.78. The minimum atomic E-state index is -3.45. The fourth-order valence-corrected chi connectivity index (χ4v) is 3.89. The first-order valence-corrected chi connectivity index (χ1v) is 9.87. The molecule has 0 saturated carbocycles. The average Bonchev–Trinajstić information content (AvgIpc) is 2.65. The van der Waals surface area contributed by atoms with E-state index in [-0.39, 0.29) is 12.3 Å². The van der Waals surface area contributed by atoms with Gasteiger partial charge in [-0.25, -0.2) is 13.1 Å². The van der Waals surface area contributed by atoms with Gasteiger partial charge in [0.2, 0.25) is 10.0 Å². The van der Waals surface area contributed by atoms with Crippen molar-refractivity contribution in [1.82, 2.24) is 4.72 Å². The minimum absolute atomic E-state index is 0.000723. The van der Waals surface area contributed by atoms with Crippen LogP contribution in [-0.2, 0) is 16.4 Å². The van der Waals surface area contributed by atoms with Gasteiger partial charge in [0, 0.05) is 6.54 Å². The molecule has 0 aliphatic heterocycles. The quantitative estimate of drug-likeness (QED) is 0.685. The SMILES string of the molecule is O=S(=O)(CCc1ccccc1)NC[C@@H](O)c1cccc2ccccc12. The molecule has 3 aromatic rings. The van der Waals surface area contributed by atoms with E-state index in [1.54, 1.807) is 0 Å². The van der Waals surface area contributed by atoms with Crippen molar-refractivity contribution in [2.24, 2.45) is 0 Å². The Morgan fingerprint density at radius 1 is 0.880 bits per heavy atom. The molecule has 0 spiro atoms. The predicted molar refractivity (Wildman–Crippen MR) is 101 cm³/mol. The van der Waals surface area contributed by atoms with Crippen LogP contribution < -0.4 is 4.72 Å². The molecule has 1 atom stereocenters. The third-order valence-electron chi connectivity index (χ3n) is 4.18. The topological polar surface area (TPSA) is 66.4 Å². The molecule has 130 valence electrons. The van der Waals surface area contributed by atoms with Crippen LogP contribution in [0.25, 0.3) is 10.8 Å². The van der Waals surface area contributed by atoms with Crippen LogP contribution in [0.3, 0.4) is 0 Å². The van der Waals surface area contributed by atoms with E-state index in [9.17, 15) is 13.5 Å². The third-order valence-corrected chi connectivity index (χ3v) is 5.53. The van der Waals surface area contributed by atoms with Gasteiger partial charge in [-0.05, 0) is 28.3 Å². The highest BCUT2D eigenvalue weighted by atomic mass is 32.2. The molecule has 0 bridgehead atoms. The highest BCUT2D eigenvalue weighted by molar-refractivity contribution is 7.89. The van der Waals surface area contributed by atoms with E-state index in [4.69, 9.17) is 0 Å². The highest BCUT2D eigenvalue weighted by Crippen LogP contribution is 2.23. The lowest BCUT2D eigenvalue weighted by Gasteiger charge is -2.15. The molecule has 0 aromatic heterocycles. The third kappa shape index (κ3) is 4.66. The van der Waals surface area contributed by atoms with Gasteiger partial charge < -0.3 is 5.11 Å². The van der Waals surface area contributed by atoms with Crippen LogP contribution in [0.15, 0.2) is 72.8 Å². The van der Waals surface area contributed by atoms with Gasteiger partial charge >= 0.3 is 0 Å². The van der Waals surface area contributed by atoms with Crippen LogP contribution in [0.2, 0.25) is 0 Å². The maximum atomic E-state index is 12.2. The van der Waals surface area contributed by atoms with Crippen molar-refractivity contribution in [3.05, 3.63) is 83.9 Å². The summed E-state index contributed by atoms with van der Waals surface area (Å²) >= 11 is 0. The smallest absolute Gasteiger partial charge is 0.212 e. The fourth-order valence-electron chi connectivity index (χ4n) is 2.83. The number of benzene rings is 3. The summed E-state index contributed by atoms with van der Waals surface area (Å²) in [5.74, 6) is -0.000723. The summed E-state index contributed by atoms with van der Waals surface area (Å²) in [6.45, 7) is -0.0366. The fraction of sp³-hybridized carbons (Fsp3) is 0.200. The number of fused-ring (bicyclic) bond motifs is 1. The first-order valence-electron chi connectivity index (χ1n) is 8.22. The second-order valence-corrected chi connectivity index (χ2v) is 7.91. The van der Waals surface area contributed by atoms with Crippen LogP contribution in [-0.4, -0.2) is 25.8 Å². The van der Waals surface area contributed by atoms with Crippen LogP contribution in [0, 0.1) is 0 Å². The van der Waals surface area contributed by atoms with Crippen LogP contribution in [0.5, 0.6) is 0 Å². The van der Waals surface area contributed by atoms with Crippen molar-refractivity contribution in [3.63, 3.8) is 0 Å². The van der Waals surface area contributed by atoms with Crippen LogP contribution in [0.1, 0.15) is 17.2 Å². The van der Waals surface area contributed by atoms with Gasteiger partial charge in [-0.2, -0.15) is 0 Å². The Morgan fingerprint density at radius 2 is 1.56 bits per heavy atom. The molecule has 0 amide bonds. The van der Waals surface area contributed by atoms with E-state index in [0.717, 1.165) is 21.9 Å². The zero-order valence-electron chi connectivity index (χ0n) is 13.8. The van der Waals surface area contributed by atoms with E-state index < -0.39 is 16.1 Å². The molecule has 0 aliphatic rings. The Bertz CT molecular complexity index is 934. The van der Waals surface area contributed by atoms with Crippen molar-refractivity contribution in [2.45, 2.75) is 12.5 Å². The average molecular weight is 355 g/mol. The Labute approximate surface area is 148 Å². The molecule has 25 heavy (non-hydrogen) atoms. The summed E-state index contributed by atoms with van der Waals surface area (Å²) in [4.78, 5) is 0. The summed E-state index contributed by atoms with van der Waals surface area (Å²) in [6, 6.07) is 22.9. The van der Waals surface area contributed by atoms with Gasteiger partial charge in [-0.15, -0.1) is 0 Å². The van der Waals surface area contributed by atoms with Crippen molar-refractivity contribution in [3.8, 4) is 0 Å². The molecule has 2 N–H and O–H groups in total. The standard InChI is InChI=1S/C20H21NO3S/c22-20(19-12-6-10-17-9-4-5-11-18(17)19)15-21-25(23,24)14-13-16-7-2-1-3-8-16/h1-12,20-22H,13-15H2/t20-/m1/s1. The number of rotatable bonds is 7. The van der Waals surface area contributed by atoms with Crippen LogP contribution >= 0.6 is 0 Å². The Kier molecular flexibility index (Phi) is 5.48. The molecule has 3 rings (SSSR count). The maximum Gasteiger partial charge on any atom is 0.212 e. The highest BCUT2D eigenvalue weighted by Gasteiger charge is 2.16. The molecule has 0 aliphatic carbocycles. The summed E-state index contributed by atoms with van der Waals surface area (Å²) in [5, 5.41) is 12.4. The molecule has 4 nitrogen and oxygen atoms in total. The molecular weight excluding hydrogens is 334 g/mol. The molecule has 0 heterocycles. The van der Waals surface area contributed by atoms with Crippen molar-refractivity contribution in [1.29, 1.82) is 0 Å². The Morgan fingerprint density at radius 3 is 2.36 bits per heavy atom. The summed E-state index contributed by atoms with van der Waals surface area (Å²) in [6.07, 6.45) is -0.446. The van der Waals surface area contributed by atoms with E-state index in [2.05, 4.69) is 4.72 Å². The summed E-state index contributed by atoms with van der Waals surface area (Å²) < 4.78 is 26.9.